The number of aromatic nitrogens is 1. The van der Waals surface area contributed by atoms with Crippen LogP contribution in [0, 0.1) is 13.8 Å². The van der Waals surface area contributed by atoms with E-state index in [1.165, 1.54) is 5.56 Å². The van der Waals surface area contributed by atoms with Gasteiger partial charge < -0.3 is 0 Å². The Balaban J connectivity index is 2.94. The molecule has 0 saturated carbocycles. The van der Waals surface area contributed by atoms with Crippen molar-refractivity contribution in [3.63, 3.8) is 0 Å². The standard InChI is InChI=1S/C11H9BrClN/c1-6-3-4-8-9(5-6)11(13)14-7(2)10(8)12/h3-5H,1-2H3. The van der Waals surface area contributed by atoms with E-state index < -0.39 is 0 Å². The molecule has 0 unspecified atom stereocenters. The Kier molecular flexibility index (Phi) is 2.50. The van der Waals surface area contributed by atoms with Gasteiger partial charge in [-0.3, -0.25) is 0 Å². The Morgan fingerprint density at radius 3 is 2.64 bits per heavy atom. The molecule has 0 saturated heterocycles. The highest BCUT2D eigenvalue weighted by atomic mass is 79.9. The molecule has 1 aromatic heterocycles. The molecule has 0 bridgehead atoms. The first-order valence-corrected chi connectivity index (χ1v) is 5.48. The fourth-order valence-electron chi connectivity index (χ4n) is 1.47. The minimum Gasteiger partial charge on any atom is -0.240 e. The molecule has 72 valence electrons. The van der Waals surface area contributed by atoms with Crippen LogP contribution in [0.4, 0.5) is 0 Å². The van der Waals surface area contributed by atoms with Gasteiger partial charge in [-0.2, -0.15) is 0 Å². The number of nitrogens with zero attached hydrogens (tertiary/aromatic N) is 1. The van der Waals surface area contributed by atoms with Crippen LogP contribution in [0.5, 0.6) is 0 Å². The number of fused-ring (bicyclic) bond motifs is 1. The lowest BCUT2D eigenvalue weighted by Gasteiger charge is -2.06. The van der Waals surface area contributed by atoms with Crippen LogP contribution >= 0.6 is 27.5 Å². The molecular formula is C11H9BrClN. The number of hydrogen-bond donors (Lipinski definition) is 0. The molecule has 1 nitrogen and oxygen atoms in total. The second kappa shape index (κ2) is 3.52. The minimum absolute atomic E-state index is 0.574. The van der Waals surface area contributed by atoms with Crippen molar-refractivity contribution in [1.29, 1.82) is 0 Å². The average Bonchev–Trinajstić information content (AvgIpc) is 2.14. The number of pyridine rings is 1. The second-order valence-corrected chi connectivity index (χ2v) is 4.50. The summed E-state index contributed by atoms with van der Waals surface area (Å²) in [6.45, 7) is 3.98. The van der Waals surface area contributed by atoms with Gasteiger partial charge in [0.25, 0.3) is 0 Å². The zero-order valence-corrected chi connectivity index (χ0v) is 10.3. The van der Waals surface area contributed by atoms with E-state index in [1.54, 1.807) is 0 Å². The predicted molar refractivity (Wildman–Crippen MR) is 63.9 cm³/mol. The molecule has 3 heteroatoms. The fraction of sp³-hybridized carbons (Fsp3) is 0.182. The first kappa shape index (κ1) is 9.94. The van der Waals surface area contributed by atoms with Gasteiger partial charge in [0.15, 0.2) is 0 Å². The fourth-order valence-corrected chi connectivity index (χ4v) is 2.19. The summed E-state index contributed by atoms with van der Waals surface area (Å²) >= 11 is 9.59. The summed E-state index contributed by atoms with van der Waals surface area (Å²) in [4.78, 5) is 4.26. The van der Waals surface area contributed by atoms with Crippen molar-refractivity contribution in [1.82, 2.24) is 4.98 Å². The van der Waals surface area contributed by atoms with Crippen LogP contribution in [0.3, 0.4) is 0 Å². The topological polar surface area (TPSA) is 12.9 Å². The molecule has 0 amide bonds. The highest BCUT2D eigenvalue weighted by Crippen LogP contribution is 2.31. The number of benzene rings is 1. The molecule has 1 aromatic carbocycles. The van der Waals surface area contributed by atoms with Gasteiger partial charge in [-0.25, -0.2) is 4.98 Å². The molecule has 14 heavy (non-hydrogen) atoms. The lowest BCUT2D eigenvalue weighted by molar-refractivity contribution is 1.20. The summed E-state index contributed by atoms with van der Waals surface area (Å²) in [5, 5.41) is 2.70. The van der Waals surface area contributed by atoms with Gasteiger partial charge in [0, 0.05) is 15.2 Å². The summed E-state index contributed by atoms with van der Waals surface area (Å²) in [6.07, 6.45) is 0. The van der Waals surface area contributed by atoms with Crippen LogP contribution in [0.2, 0.25) is 5.15 Å². The lowest BCUT2D eigenvalue weighted by Crippen LogP contribution is -1.88. The van der Waals surface area contributed by atoms with Crippen LogP contribution in [0.15, 0.2) is 22.7 Å². The molecule has 0 atom stereocenters. The maximum atomic E-state index is 6.07. The monoisotopic (exact) mass is 269 g/mol. The van der Waals surface area contributed by atoms with Crippen molar-refractivity contribution in [2.24, 2.45) is 0 Å². The molecule has 0 aliphatic heterocycles. The van der Waals surface area contributed by atoms with Crippen LogP contribution in [-0.2, 0) is 0 Å². The molecule has 0 aliphatic rings. The van der Waals surface area contributed by atoms with E-state index in [0.29, 0.717) is 5.15 Å². The second-order valence-electron chi connectivity index (χ2n) is 3.35. The third kappa shape index (κ3) is 1.53. The third-order valence-corrected chi connectivity index (χ3v) is 3.51. The van der Waals surface area contributed by atoms with E-state index in [2.05, 4.69) is 39.1 Å². The molecule has 2 aromatic rings. The lowest BCUT2D eigenvalue weighted by atomic mass is 10.1. The Hall–Kier alpha value is -0.600. The summed E-state index contributed by atoms with van der Waals surface area (Å²) < 4.78 is 1.02. The Bertz CT molecular complexity index is 508. The Morgan fingerprint density at radius 1 is 1.21 bits per heavy atom. The summed E-state index contributed by atoms with van der Waals surface area (Å²) in [6, 6.07) is 6.19. The quantitative estimate of drug-likeness (QED) is 0.652. The molecule has 0 spiro atoms. The van der Waals surface area contributed by atoms with Crippen LogP contribution in [0.1, 0.15) is 11.3 Å². The van der Waals surface area contributed by atoms with E-state index in [4.69, 9.17) is 11.6 Å². The van der Waals surface area contributed by atoms with E-state index in [0.717, 1.165) is 20.9 Å². The highest BCUT2D eigenvalue weighted by Gasteiger charge is 2.07. The first-order chi connectivity index (χ1) is 6.59. The minimum atomic E-state index is 0.574. The molecule has 0 radical (unpaired) electrons. The van der Waals surface area contributed by atoms with Gasteiger partial charge >= 0.3 is 0 Å². The van der Waals surface area contributed by atoms with E-state index >= 15 is 0 Å². The van der Waals surface area contributed by atoms with E-state index in [-0.39, 0.29) is 0 Å². The number of rotatable bonds is 0. The Morgan fingerprint density at radius 2 is 1.93 bits per heavy atom. The van der Waals surface area contributed by atoms with Gasteiger partial charge in [0.1, 0.15) is 5.15 Å². The van der Waals surface area contributed by atoms with Gasteiger partial charge in [-0.05, 0) is 35.8 Å². The van der Waals surface area contributed by atoms with Crippen molar-refractivity contribution in [3.8, 4) is 0 Å². The number of hydrogen-bond acceptors (Lipinski definition) is 1. The van der Waals surface area contributed by atoms with Gasteiger partial charge in [-0.1, -0.05) is 29.3 Å². The number of halogens is 2. The van der Waals surface area contributed by atoms with Gasteiger partial charge in [0.2, 0.25) is 0 Å². The van der Waals surface area contributed by atoms with Crippen LogP contribution < -0.4 is 0 Å². The highest BCUT2D eigenvalue weighted by molar-refractivity contribution is 9.10. The normalized spacial score (nSPS) is 10.9. The van der Waals surface area contributed by atoms with Crippen LogP contribution in [0.25, 0.3) is 10.8 Å². The first-order valence-electron chi connectivity index (χ1n) is 4.31. The maximum Gasteiger partial charge on any atom is 0.137 e. The average molecular weight is 271 g/mol. The van der Waals surface area contributed by atoms with Crippen molar-refractivity contribution in [3.05, 3.63) is 39.1 Å². The molecule has 0 fully saturated rings. The maximum absolute atomic E-state index is 6.07. The molecule has 0 aliphatic carbocycles. The molecule has 2 rings (SSSR count). The predicted octanol–water partition coefficient (Wildman–Crippen LogP) is 4.27. The smallest absolute Gasteiger partial charge is 0.137 e. The summed E-state index contributed by atoms with van der Waals surface area (Å²) in [7, 11) is 0. The molecular weight excluding hydrogens is 261 g/mol. The SMILES string of the molecule is Cc1ccc2c(Br)c(C)nc(Cl)c2c1. The number of aryl methyl sites for hydroxylation is 2. The Labute approximate surface area is 96.2 Å². The molecule has 0 N–H and O–H groups in total. The van der Waals surface area contributed by atoms with Crippen molar-refractivity contribution >= 4 is 38.3 Å². The zero-order chi connectivity index (χ0) is 10.3. The van der Waals surface area contributed by atoms with Crippen LogP contribution in [-0.4, -0.2) is 4.98 Å². The van der Waals surface area contributed by atoms with Gasteiger partial charge in [-0.15, -0.1) is 0 Å². The van der Waals surface area contributed by atoms with Crippen molar-refractivity contribution < 1.29 is 0 Å². The third-order valence-electron chi connectivity index (χ3n) is 2.22. The van der Waals surface area contributed by atoms with E-state index in [9.17, 15) is 0 Å². The zero-order valence-electron chi connectivity index (χ0n) is 7.94. The van der Waals surface area contributed by atoms with Crippen molar-refractivity contribution in [2.45, 2.75) is 13.8 Å². The van der Waals surface area contributed by atoms with Crippen molar-refractivity contribution in [2.75, 3.05) is 0 Å². The summed E-state index contributed by atoms with van der Waals surface area (Å²) in [5.74, 6) is 0. The van der Waals surface area contributed by atoms with E-state index in [1.807, 2.05) is 13.8 Å². The largest absolute Gasteiger partial charge is 0.240 e. The molecule has 1 heterocycles. The van der Waals surface area contributed by atoms with Gasteiger partial charge in [0.05, 0.1) is 5.69 Å². The summed E-state index contributed by atoms with van der Waals surface area (Å²) in [5.41, 5.74) is 2.11.